The molecule has 35 heavy (non-hydrogen) atoms. The summed E-state index contributed by atoms with van der Waals surface area (Å²) in [5.41, 5.74) is 8.89. The highest BCUT2D eigenvalue weighted by Gasteiger charge is 2.27. The lowest BCUT2D eigenvalue weighted by atomic mass is 9.89. The molecule has 4 heterocycles. The standard InChI is InChI=1S/C28H38N6O/c1-17(2)21-12-25-24(11-22(21)23-14-33-26(29-16-30-33)19(4)18(23)3)31-27(35)34(25)20-9-8-10-32(13-20)15-28(5,6)7/h11-12,14,16-17,20H,8-10,13,15H2,1-7H3,(H,31,35). The Morgan fingerprint density at radius 2 is 1.91 bits per heavy atom. The van der Waals surface area contributed by atoms with Crippen LogP contribution in [0.2, 0.25) is 0 Å². The lowest BCUT2D eigenvalue weighted by Gasteiger charge is -2.37. The number of nitrogens with zero attached hydrogens (tertiary/aromatic N) is 5. The van der Waals surface area contributed by atoms with Crippen molar-refractivity contribution in [2.75, 3.05) is 19.6 Å². The van der Waals surface area contributed by atoms with E-state index in [9.17, 15) is 4.79 Å². The van der Waals surface area contributed by atoms with Gasteiger partial charge in [0.05, 0.1) is 17.1 Å². The van der Waals surface area contributed by atoms with E-state index in [1.54, 1.807) is 6.33 Å². The highest BCUT2D eigenvalue weighted by atomic mass is 16.1. The Kier molecular flexibility index (Phi) is 5.86. The van der Waals surface area contributed by atoms with Gasteiger partial charge in [-0.3, -0.25) is 4.57 Å². The lowest BCUT2D eigenvalue weighted by molar-refractivity contribution is 0.131. The van der Waals surface area contributed by atoms with Crippen LogP contribution in [0.4, 0.5) is 0 Å². The van der Waals surface area contributed by atoms with E-state index in [-0.39, 0.29) is 17.1 Å². The number of aromatic nitrogens is 5. The number of aromatic amines is 1. The minimum Gasteiger partial charge on any atom is -0.306 e. The number of fused-ring (bicyclic) bond motifs is 2. The number of piperidine rings is 1. The largest absolute Gasteiger partial charge is 0.326 e. The summed E-state index contributed by atoms with van der Waals surface area (Å²) in [6, 6.07) is 4.60. The second-order valence-corrected chi connectivity index (χ2v) is 11.8. The zero-order valence-electron chi connectivity index (χ0n) is 22.1. The summed E-state index contributed by atoms with van der Waals surface area (Å²) in [4.78, 5) is 23.4. The zero-order chi connectivity index (χ0) is 25.1. The zero-order valence-corrected chi connectivity index (χ0v) is 22.1. The lowest BCUT2D eigenvalue weighted by Crippen LogP contribution is -2.42. The molecule has 0 radical (unpaired) electrons. The first kappa shape index (κ1) is 23.8. The minimum atomic E-state index is -0.00547. The quantitative estimate of drug-likeness (QED) is 0.426. The fourth-order valence-electron chi connectivity index (χ4n) is 5.79. The van der Waals surface area contributed by atoms with Crippen molar-refractivity contribution >= 4 is 16.7 Å². The number of rotatable bonds is 4. The van der Waals surface area contributed by atoms with Crippen molar-refractivity contribution in [3.05, 3.63) is 51.8 Å². The average Bonchev–Trinajstić information content (AvgIpc) is 3.37. The predicted molar refractivity (Wildman–Crippen MR) is 142 cm³/mol. The normalized spacial score (nSPS) is 17.8. The molecule has 1 saturated heterocycles. The van der Waals surface area contributed by atoms with Crippen LogP contribution < -0.4 is 5.69 Å². The Labute approximate surface area is 207 Å². The van der Waals surface area contributed by atoms with Crippen LogP contribution in [0.25, 0.3) is 27.8 Å². The summed E-state index contributed by atoms with van der Waals surface area (Å²) in [6.07, 6.45) is 5.82. The van der Waals surface area contributed by atoms with Crippen LogP contribution in [0.1, 0.15) is 76.1 Å². The molecule has 0 aliphatic carbocycles. The summed E-state index contributed by atoms with van der Waals surface area (Å²) in [6.45, 7) is 18.6. The Bertz CT molecular complexity index is 1450. The van der Waals surface area contributed by atoms with E-state index in [1.165, 1.54) is 11.1 Å². The molecular weight excluding hydrogens is 436 g/mol. The minimum absolute atomic E-state index is 0.00547. The second-order valence-electron chi connectivity index (χ2n) is 11.8. The molecule has 1 N–H and O–H groups in total. The van der Waals surface area contributed by atoms with Crippen molar-refractivity contribution in [3.63, 3.8) is 0 Å². The number of likely N-dealkylation sites (tertiary alicyclic amines) is 1. The SMILES string of the molecule is Cc1c(-c2cc3[nH]c(=O)n(C4CCCN(CC(C)(C)C)C4)c3cc2C(C)C)cn2ncnc2c1C. The topological polar surface area (TPSA) is 71.2 Å². The van der Waals surface area contributed by atoms with Crippen LogP contribution in [0, 0.1) is 19.3 Å². The van der Waals surface area contributed by atoms with Gasteiger partial charge in [0.2, 0.25) is 0 Å². The highest BCUT2D eigenvalue weighted by molar-refractivity contribution is 5.86. The van der Waals surface area contributed by atoms with Crippen LogP contribution >= 0.6 is 0 Å². The smallest absolute Gasteiger partial charge is 0.306 e. The molecule has 0 bridgehead atoms. The monoisotopic (exact) mass is 474 g/mol. The fourth-order valence-corrected chi connectivity index (χ4v) is 5.79. The van der Waals surface area contributed by atoms with Crippen molar-refractivity contribution in [1.29, 1.82) is 0 Å². The first-order valence-corrected chi connectivity index (χ1v) is 12.8. The van der Waals surface area contributed by atoms with Crippen molar-refractivity contribution < 1.29 is 0 Å². The van der Waals surface area contributed by atoms with E-state index in [1.807, 2.05) is 9.08 Å². The van der Waals surface area contributed by atoms with Gasteiger partial charge in [-0.25, -0.2) is 14.3 Å². The summed E-state index contributed by atoms with van der Waals surface area (Å²) in [5.74, 6) is 0.308. The van der Waals surface area contributed by atoms with Crippen molar-refractivity contribution in [3.8, 4) is 11.1 Å². The molecule has 4 aromatic rings. The first-order chi connectivity index (χ1) is 16.5. The maximum Gasteiger partial charge on any atom is 0.326 e. The van der Waals surface area contributed by atoms with Crippen molar-refractivity contribution in [1.82, 2.24) is 29.0 Å². The van der Waals surface area contributed by atoms with Gasteiger partial charge in [-0.2, -0.15) is 5.10 Å². The average molecular weight is 475 g/mol. The van der Waals surface area contributed by atoms with Gasteiger partial charge in [0, 0.05) is 24.8 Å². The molecule has 1 atom stereocenters. The number of hydrogen-bond donors (Lipinski definition) is 1. The first-order valence-electron chi connectivity index (χ1n) is 12.8. The van der Waals surface area contributed by atoms with Crippen LogP contribution in [-0.2, 0) is 0 Å². The molecule has 1 aliphatic rings. The molecule has 1 aromatic carbocycles. The van der Waals surface area contributed by atoms with E-state index >= 15 is 0 Å². The van der Waals surface area contributed by atoms with Gasteiger partial charge in [0.15, 0.2) is 5.65 Å². The second kappa shape index (κ2) is 8.63. The highest BCUT2D eigenvalue weighted by Crippen LogP contribution is 2.37. The Hall–Kier alpha value is -2.93. The molecule has 0 saturated carbocycles. The predicted octanol–water partition coefficient (Wildman–Crippen LogP) is 5.46. The van der Waals surface area contributed by atoms with Crippen LogP contribution in [0.3, 0.4) is 0 Å². The summed E-state index contributed by atoms with van der Waals surface area (Å²) >= 11 is 0. The number of benzene rings is 1. The van der Waals surface area contributed by atoms with Gasteiger partial charge >= 0.3 is 5.69 Å². The number of H-pyrrole nitrogens is 1. The molecule has 1 fully saturated rings. The molecule has 0 spiro atoms. The van der Waals surface area contributed by atoms with Crippen LogP contribution in [0.5, 0.6) is 0 Å². The van der Waals surface area contributed by atoms with Gasteiger partial charge in [0.1, 0.15) is 6.33 Å². The van der Waals surface area contributed by atoms with Crippen molar-refractivity contribution in [2.24, 2.45) is 5.41 Å². The van der Waals surface area contributed by atoms with E-state index < -0.39 is 0 Å². The van der Waals surface area contributed by atoms with Crippen molar-refractivity contribution in [2.45, 2.75) is 73.3 Å². The van der Waals surface area contributed by atoms with Gasteiger partial charge < -0.3 is 9.88 Å². The molecule has 3 aromatic heterocycles. The molecule has 7 nitrogen and oxygen atoms in total. The number of hydrogen-bond acceptors (Lipinski definition) is 4. The van der Waals surface area contributed by atoms with Gasteiger partial charge in [-0.1, -0.05) is 34.6 Å². The number of nitrogens with one attached hydrogen (secondary N) is 1. The molecule has 0 amide bonds. The molecule has 5 rings (SSSR count). The third-order valence-electron chi connectivity index (χ3n) is 7.47. The van der Waals surface area contributed by atoms with Gasteiger partial charge in [-0.15, -0.1) is 0 Å². The third-order valence-corrected chi connectivity index (χ3v) is 7.47. The summed E-state index contributed by atoms with van der Waals surface area (Å²) < 4.78 is 3.88. The Balaban J connectivity index is 1.64. The van der Waals surface area contributed by atoms with Crippen LogP contribution in [-0.4, -0.2) is 48.7 Å². The number of imidazole rings is 1. The van der Waals surface area contributed by atoms with E-state index in [0.717, 1.165) is 65.8 Å². The number of pyridine rings is 1. The maximum atomic E-state index is 13.3. The molecule has 7 heteroatoms. The molecule has 1 unspecified atom stereocenters. The maximum absolute atomic E-state index is 13.3. The number of aryl methyl sites for hydroxylation is 1. The van der Waals surface area contributed by atoms with E-state index in [0.29, 0.717) is 5.92 Å². The molecule has 186 valence electrons. The van der Waals surface area contributed by atoms with Gasteiger partial charge in [0.25, 0.3) is 0 Å². The van der Waals surface area contributed by atoms with Crippen LogP contribution in [0.15, 0.2) is 29.5 Å². The summed E-state index contributed by atoms with van der Waals surface area (Å²) in [7, 11) is 0. The third kappa shape index (κ3) is 4.31. The Morgan fingerprint density at radius 3 is 2.63 bits per heavy atom. The molecule has 1 aliphatic heterocycles. The Morgan fingerprint density at radius 1 is 1.14 bits per heavy atom. The van der Waals surface area contributed by atoms with E-state index in [2.05, 4.69) is 86.8 Å². The van der Waals surface area contributed by atoms with E-state index in [4.69, 9.17) is 0 Å². The fraction of sp³-hybridized carbons (Fsp3) is 0.536. The molecular formula is C28H38N6O. The van der Waals surface area contributed by atoms with Gasteiger partial charge in [-0.05, 0) is 79.0 Å². The summed E-state index contributed by atoms with van der Waals surface area (Å²) in [5, 5.41) is 4.39.